The monoisotopic (exact) mass is 167 g/mol. The van der Waals surface area contributed by atoms with Crippen molar-refractivity contribution in [3.05, 3.63) is 0 Å². The number of carbonyl (C=O) groups is 1. The van der Waals surface area contributed by atoms with E-state index in [4.69, 9.17) is 0 Å². The molecule has 0 spiro atoms. The van der Waals surface area contributed by atoms with Crippen molar-refractivity contribution >= 4 is 5.91 Å². The van der Waals surface area contributed by atoms with E-state index in [9.17, 15) is 4.79 Å². The molecule has 1 aliphatic heterocycles. The highest BCUT2D eigenvalue weighted by Crippen LogP contribution is 2.41. The lowest BCUT2D eigenvalue weighted by Crippen LogP contribution is -2.33. The van der Waals surface area contributed by atoms with Gasteiger partial charge in [0.05, 0.1) is 0 Å². The summed E-state index contributed by atoms with van der Waals surface area (Å²) in [4.78, 5) is 11.2. The Bertz CT molecular complexity index is 206. The van der Waals surface area contributed by atoms with Crippen LogP contribution in [0.15, 0.2) is 0 Å². The van der Waals surface area contributed by atoms with E-state index in [1.807, 2.05) is 0 Å². The smallest absolute Gasteiger partial charge is 0.220 e. The molecule has 1 saturated heterocycles. The second kappa shape index (κ2) is 2.48. The number of hydrogen-bond acceptors (Lipinski definition) is 1. The van der Waals surface area contributed by atoms with Crippen LogP contribution in [-0.4, -0.2) is 11.9 Å². The largest absolute Gasteiger partial charge is 0.353 e. The second-order valence-electron chi connectivity index (χ2n) is 4.96. The third-order valence-corrected chi connectivity index (χ3v) is 3.16. The number of hydrogen-bond donors (Lipinski definition) is 1. The molecule has 0 radical (unpaired) electrons. The average molecular weight is 167 g/mol. The summed E-state index contributed by atoms with van der Waals surface area (Å²) in [5, 5.41) is 3.08. The first-order valence-electron chi connectivity index (χ1n) is 4.87. The lowest BCUT2D eigenvalue weighted by molar-refractivity contribution is -0.119. The van der Waals surface area contributed by atoms with E-state index in [0.29, 0.717) is 12.5 Å². The highest BCUT2D eigenvalue weighted by molar-refractivity contribution is 5.79. The minimum atomic E-state index is 0.194. The van der Waals surface area contributed by atoms with Crippen LogP contribution in [0.5, 0.6) is 0 Å². The summed E-state index contributed by atoms with van der Waals surface area (Å²) >= 11 is 0. The van der Waals surface area contributed by atoms with Gasteiger partial charge in [-0.05, 0) is 17.8 Å². The van der Waals surface area contributed by atoms with Crippen molar-refractivity contribution in [1.29, 1.82) is 0 Å². The van der Waals surface area contributed by atoms with Crippen LogP contribution in [0.1, 0.15) is 39.5 Å². The summed E-state index contributed by atoms with van der Waals surface area (Å²) < 4.78 is 0. The van der Waals surface area contributed by atoms with Gasteiger partial charge in [-0.1, -0.05) is 26.7 Å². The Hall–Kier alpha value is -0.530. The van der Waals surface area contributed by atoms with E-state index in [1.165, 1.54) is 19.3 Å². The standard InChI is InChI=1S/C10H17NO/c1-10(2)6-9(12)11-8(10)5-7-3-4-7/h7-8H,3-6H2,1-2H3,(H,11,12). The van der Waals surface area contributed by atoms with Crippen molar-refractivity contribution in [1.82, 2.24) is 5.32 Å². The molecular formula is C10H17NO. The van der Waals surface area contributed by atoms with Gasteiger partial charge in [0.25, 0.3) is 0 Å². The van der Waals surface area contributed by atoms with Gasteiger partial charge in [-0.2, -0.15) is 0 Å². The summed E-state index contributed by atoms with van der Waals surface area (Å²) in [5.74, 6) is 1.15. The van der Waals surface area contributed by atoms with E-state index < -0.39 is 0 Å². The summed E-state index contributed by atoms with van der Waals surface area (Å²) in [6, 6.07) is 0.442. The Labute approximate surface area is 73.7 Å². The Kier molecular flexibility index (Phi) is 1.67. The zero-order valence-corrected chi connectivity index (χ0v) is 7.89. The van der Waals surface area contributed by atoms with Gasteiger partial charge in [0.2, 0.25) is 5.91 Å². The van der Waals surface area contributed by atoms with Crippen LogP contribution >= 0.6 is 0 Å². The van der Waals surface area contributed by atoms with E-state index in [-0.39, 0.29) is 11.3 Å². The van der Waals surface area contributed by atoms with Gasteiger partial charge in [0.1, 0.15) is 0 Å². The van der Waals surface area contributed by atoms with Crippen molar-refractivity contribution in [2.45, 2.75) is 45.6 Å². The maximum absolute atomic E-state index is 11.2. The van der Waals surface area contributed by atoms with Crippen LogP contribution in [0.25, 0.3) is 0 Å². The van der Waals surface area contributed by atoms with E-state index in [2.05, 4.69) is 19.2 Å². The predicted octanol–water partition coefficient (Wildman–Crippen LogP) is 1.70. The molecular weight excluding hydrogens is 150 g/mol. The van der Waals surface area contributed by atoms with Crippen LogP contribution in [0.3, 0.4) is 0 Å². The Morgan fingerprint density at radius 2 is 2.17 bits per heavy atom. The molecule has 1 atom stereocenters. The van der Waals surface area contributed by atoms with Crippen molar-refractivity contribution in [3.63, 3.8) is 0 Å². The fraction of sp³-hybridized carbons (Fsp3) is 0.900. The van der Waals surface area contributed by atoms with Gasteiger partial charge < -0.3 is 5.32 Å². The highest BCUT2D eigenvalue weighted by atomic mass is 16.2. The number of amides is 1. The molecule has 2 aliphatic rings. The quantitative estimate of drug-likeness (QED) is 0.666. The summed E-state index contributed by atoms with van der Waals surface area (Å²) in [5.41, 5.74) is 0.194. The van der Waals surface area contributed by atoms with E-state index in [1.54, 1.807) is 0 Å². The fourth-order valence-electron chi connectivity index (χ4n) is 2.04. The molecule has 0 aromatic rings. The van der Waals surface area contributed by atoms with Gasteiger partial charge in [-0.15, -0.1) is 0 Å². The summed E-state index contributed by atoms with van der Waals surface area (Å²) in [7, 11) is 0. The molecule has 0 aromatic carbocycles. The molecule has 0 bridgehead atoms. The second-order valence-corrected chi connectivity index (χ2v) is 4.96. The van der Waals surface area contributed by atoms with Gasteiger partial charge in [0, 0.05) is 12.5 Å². The molecule has 2 fully saturated rings. The maximum atomic E-state index is 11.2. The third-order valence-electron chi connectivity index (χ3n) is 3.16. The summed E-state index contributed by atoms with van der Waals surface area (Å²) in [6.07, 6.45) is 4.67. The van der Waals surface area contributed by atoms with Gasteiger partial charge in [0.15, 0.2) is 0 Å². The normalized spacial score (nSPS) is 33.5. The minimum Gasteiger partial charge on any atom is -0.353 e. The fourth-order valence-corrected chi connectivity index (χ4v) is 2.04. The first kappa shape index (κ1) is 8.09. The Morgan fingerprint density at radius 1 is 1.50 bits per heavy atom. The molecule has 12 heavy (non-hydrogen) atoms. The lowest BCUT2D eigenvalue weighted by atomic mass is 9.82. The van der Waals surface area contributed by atoms with Gasteiger partial charge in [-0.25, -0.2) is 0 Å². The van der Waals surface area contributed by atoms with Crippen LogP contribution in [0.4, 0.5) is 0 Å². The molecule has 2 heteroatoms. The lowest BCUT2D eigenvalue weighted by Gasteiger charge is -2.25. The van der Waals surface area contributed by atoms with Crippen LogP contribution in [0, 0.1) is 11.3 Å². The molecule has 1 unspecified atom stereocenters. The molecule has 1 amide bonds. The molecule has 2 rings (SSSR count). The number of carbonyl (C=O) groups excluding carboxylic acids is 1. The van der Waals surface area contributed by atoms with Crippen molar-refractivity contribution in [2.24, 2.45) is 11.3 Å². The molecule has 1 aliphatic carbocycles. The van der Waals surface area contributed by atoms with Crippen LogP contribution < -0.4 is 5.32 Å². The van der Waals surface area contributed by atoms with Crippen LogP contribution in [-0.2, 0) is 4.79 Å². The van der Waals surface area contributed by atoms with Crippen molar-refractivity contribution < 1.29 is 4.79 Å². The molecule has 0 aromatic heterocycles. The van der Waals surface area contributed by atoms with Gasteiger partial charge in [-0.3, -0.25) is 4.79 Å². The first-order valence-corrected chi connectivity index (χ1v) is 4.87. The molecule has 1 saturated carbocycles. The van der Waals surface area contributed by atoms with Crippen LogP contribution in [0.2, 0.25) is 0 Å². The first-order chi connectivity index (χ1) is 5.58. The molecule has 68 valence electrons. The molecule has 2 nitrogen and oxygen atoms in total. The molecule has 1 N–H and O–H groups in total. The summed E-state index contributed by atoms with van der Waals surface area (Å²) in [6.45, 7) is 4.38. The maximum Gasteiger partial charge on any atom is 0.220 e. The highest BCUT2D eigenvalue weighted by Gasteiger charge is 2.41. The predicted molar refractivity (Wildman–Crippen MR) is 47.7 cm³/mol. The van der Waals surface area contributed by atoms with Crippen molar-refractivity contribution in [3.8, 4) is 0 Å². The Morgan fingerprint density at radius 3 is 2.58 bits per heavy atom. The Balaban J connectivity index is 1.98. The molecule has 1 heterocycles. The topological polar surface area (TPSA) is 29.1 Å². The van der Waals surface area contributed by atoms with Crippen molar-refractivity contribution in [2.75, 3.05) is 0 Å². The number of rotatable bonds is 2. The van der Waals surface area contributed by atoms with E-state index in [0.717, 1.165) is 5.92 Å². The SMILES string of the molecule is CC1(C)CC(=O)NC1CC1CC1. The minimum absolute atomic E-state index is 0.194. The third kappa shape index (κ3) is 1.47. The average Bonchev–Trinajstić information content (AvgIpc) is 2.63. The zero-order chi connectivity index (χ0) is 8.77. The van der Waals surface area contributed by atoms with Gasteiger partial charge >= 0.3 is 0 Å². The van der Waals surface area contributed by atoms with E-state index >= 15 is 0 Å². The zero-order valence-electron chi connectivity index (χ0n) is 7.89. The number of nitrogens with one attached hydrogen (secondary N) is 1.